The normalized spacial score (nSPS) is 20.7. The Bertz CT molecular complexity index is 531. The molecule has 22 heavy (non-hydrogen) atoms. The molecule has 0 fully saturated rings. The minimum atomic E-state index is -0.974. The van der Waals surface area contributed by atoms with E-state index in [1.54, 1.807) is 21.1 Å². The number of methoxy groups -OCH3 is 2. The smallest absolute Gasteiger partial charge is 0.273 e. The summed E-state index contributed by atoms with van der Waals surface area (Å²) in [5, 5.41) is 0. The second kappa shape index (κ2) is 7.11. The molecule has 0 saturated heterocycles. The summed E-state index contributed by atoms with van der Waals surface area (Å²) in [5.74, 6) is 0.682. The number of aryl methyl sites for hydroxylation is 1. The van der Waals surface area contributed by atoms with Gasteiger partial charge in [0.1, 0.15) is 5.75 Å². The second-order valence-corrected chi connectivity index (χ2v) is 5.89. The molecule has 1 unspecified atom stereocenters. The van der Waals surface area contributed by atoms with Gasteiger partial charge < -0.3 is 19.1 Å². The van der Waals surface area contributed by atoms with E-state index in [4.69, 9.17) is 14.2 Å². The third kappa shape index (κ3) is 3.42. The quantitative estimate of drug-likeness (QED) is 0.726. The summed E-state index contributed by atoms with van der Waals surface area (Å²) in [4.78, 5) is 14.7. The van der Waals surface area contributed by atoms with Crippen LogP contribution in [0.4, 0.5) is 5.69 Å². The second-order valence-electron chi connectivity index (χ2n) is 5.89. The highest BCUT2D eigenvalue weighted by Gasteiger charge is 2.44. The molecule has 1 aromatic carbocycles. The number of benzene rings is 1. The molecule has 1 atom stereocenters. The van der Waals surface area contributed by atoms with E-state index >= 15 is 0 Å². The summed E-state index contributed by atoms with van der Waals surface area (Å²) in [6, 6.07) is 5.91. The van der Waals surface area contributed by atoms with Crippen LogP contribution in [0, 0.1) is 6.92 Å². The van der Waals surface area contributed by atoms with Crippen LogP contribution in [-0.4, -0.2) is 45.5 Å². The molecule has 122 valence electrons. The van der Waals surface area contributed by atoms with Crippen LogP contribution in [0.15, 0.2) is 18.2 Å². The van der Waals surface area contributed by atoms with Crippen LogP contribution in [0.25, 0.3) is 0 Å². The van der Waals surface area contributed by atoms with Crippen molar-refractivity contribution in [2.75, 3.05) is 38.9 Å². The molecule has 1 heterocycles. The maximum absolute atomic E-state index is 12.9. The Balaban J connectivity index is 2.27. The van der Waals surface area contributed by atoms with Crippen LogP contribution < -0.4 is 9.64 Å². The van der Waals surface area contributed by atoms with E-state index in [-0.39, 0.29) is 12.5 Å². The number of ether oxygens (including phenoxy) is 3. The molecule has 0 aliphatic carbocycles. The Morgan fingerprint density at radius 3 is 2.68 bits per heavy atom. The molecule has 5 nitrogen and oxygen atoms in total. The Morgan fingerprint density at radius 1 is 1.23 bits per heavy atom. The molecule has 0 saturated carbocycles. The fourth-order valence-electron chi connectivity index (χ4n) is 2.71. The fraction of sp³-hybridized carbons (Fsp3) is 0.588. The van der Waals surface area contributed by atoms with Crippen molar-refractivity contribution in [2.24, 2.45) is 0 Å². The number of fused-ring (bicyclic) bond motifs is 1. The van der Waals surface area contributed by atoms with Gasteiger partial charge >= 0.3 is 0 Å². The van der Waals surface area contributed by atoms with E-state index in [1.165, 1.54) is 0 Å². The highest BCUT2D eigenvalue weighted by Crippen LogP contribution is 2.38. The third-order valence-electron chi connectivity index (χ3n) is 3.84. The molecule has 5 heteroatoms. The molecule has 0 aromatic heterocycles. The van der Waals surface area contributed by atoms with Crippen molar-refractivity contribution >= 4 is 11.6 Å². The number of hydrogen-bond donors (Lipinski definition) is 0. The molecule has 1 aliphatic heterocycles. The van der Waals surface area contributed by atoms with Crippen molar-refractivity contribution in [3.8, 4) is 5.75 Å². The summed E-state index contributed by atoms with van der Waals surface area (Å²) in [7, 11) is 3.27. The molecule has 0 radical (unpaired) electrons. The van der Waals surface area contributed by atoms with Crippen LogP contribution in [0.5, 0.6) is 5.75 Å². The number of unbranched alkanes of at least 4 members (excludes halogenated alkanes) is 1. The molecule has 1 aliphatic rings. The van der Waals surface area contributed by atoms with Gasteiger partial charge in [-0.25, -0.2) is 0 Å². The number of rotatable bonds is 7. The number of nitrogens with zero attached hydrogens (tertiary/aromatic N) is 1. The number of anilines is 1. The van der Waals surface area contributed by atoms with Crippen LogP contribution in [0.1, 0.15) is 25.3 Å². The summed E-state index contributed by atoms with van der Waals surface area (Å²) in [6.45, 7) is 5.38. The SMILES string of the molecule is COCCCCN1C(=O)C(C)(COC)Oc2ccc(C)cc21. The monoisotopic (exact) mass is 307 g/mol. The van der Waals surface area contributed by atoms with Crippen molar-refractivity contribution in [2.45, 2.75) is 32.3 Å². The van der Waals surface area contributed by atoms with E-state index in [0.717, 1.165) is 29.8 Å². The van der Waals surface area contributed by atoms with E-state index in [2.05, 4.69) is 0 Å². The summed E-state index contributed by atoms with van der Waals surface area (Å²) in [5.41, 5.74) is 0.974. The van der Waals surface area contributed by atoms with E-state index in [0.29, 0.717) is 13.2 Å². The van der Waals surface area contributed by atoms with E-state index in [9.17, 15) is 4.79 Å². The van der Waals surface area contributed by atoms with Gasteiger partial charge in [-0.15, -0.1) is 0 Å². The number of hydrogen-bond acceptors (Lipinski definition) is 4. The molecular weight excluding hydrogens is 282 g/mol. The van der Waals surface area contributed by atoms with Crippen LogP contribution >= 0.6 is 0 Å². The van der Waals surface area contributed by atoms with Crippen molar-refractivity contribution in [3.05, 3.63) is 23.8 Å². The largest absolute Gasteiger partial charge is 0.473 e. The third-order valence-corrected chi connectivity index (χ3v) is 3.84. The lowest BCUT2D eigenvalue weighted by molar-refractivity contribution is -0.138. The Morgan fingerprint density at radius 2 is 2.00 bits per heavy atom. The summed E-state index contributed by atoms with van der Waals surface area (Å²) in [6.07, 6.45) is 1.80. The average molecular weight is 307 g/mol. The topological polar surface area (TPSA) is 48.0 Å². The van der Waals surface area contributed by atoms with Crippen molar-refractivity contribution in [1.29, 1.82) is 0 Å². The first-order valence-electron chi connectivity index (χ1n) is 7.61. The predicted octanol–water partition coefficient (Wildman–Crippen LogP) is 2.55. The molecular formula is C17H25NO4. The Labute approximate surface area is 132 Å². The van der Waals surface area contributed by atoms with Gasteiger partial charge in [0, 0.05) is 27.4 Å². The van der Waals surface area contributed by atoms with Gasteiger partial charge in [-0.3, -0.25) is 4.79 Å². The van der Waals surface area contributed by atoms with E-state index < -0.39 is 5.60 Å². The van der Waals surface area contributed by atoms with Crippen molar-refractivity contribution in [3.63, 3.8) is 0 Å². The highest BCUT2D eigenvalue weighted by atomic mass is 16.5. The highest BCUT2D eigenvalue weighted by molar-refractivity contribution is 6.02. The average Bonchev–Trinajstić information content (AvgIpc) is 2.48. The molecule has 0 bridgehead atoms. The van der Waals surface area contributed by atoms with Crippen LogP contribution in [0.3, 0.4) is 0 Å². The Kier molecular flexibility index (Phi) is 5.42. The van der Waals surface area contributed by atoms with Gasteiger partial charge in [0.15, 0.2) is 0 Å². The molecule has 2 rings (SSSR count). The summed E-state index contributed by atoms with van der Waals surface area (Å²) >= 11 is 0. The van der Waals surface area contributed by atoms with Gasteiger partial charge in [0.05, 0.1) is 12.3 Å². The minimum Gasteiger partial charge on any atom is -0.473 e. The van der Waals surface area contributed by atoms with Gasteiger partial charge in [-0.1, -0.05) is 6.07 Å². The number of carbonyl (C=O) groups excluding carboxylic acids is 1. The van der Waals surface area contributed by atoms with Gasteiger partial charge in [-0.2, -0.15) is 0 Å². The minimum absolute atomic E-state index is 0.0510. The number of carbonyl (C=O) groups is 1. The standard InChI is InChI=1S/C17H25NO4/c1-13-7-8-15-14(11-13)18(9-5-6-10-20-3)16(19)17(2,22-15)12-21-4/h7-8,11H,5-6,9-10,12H2,1-4H3. The van der Waals surface area contributed by atoms with Gasteiger partial charge in [-0.05, 0) is 44.4 Å². The lowest BCUT2D eigenvalue weighted by Crippen LogP contribution is -2.57. The first kappa shape index (κ1) is 16.8. The van der Waals surface area contributed by atoms with Gasteiger partial charge in [0.2, 0.25) is 5.60 Å². The van der Waals surface area contributed by atoms with E-state index in [1.807, 2.05) is 30.0 Å². The number of amides is 1. The summed E-state index contributed by atoms with van der Waals surface area (Å²) < 4.78 is 16.2. The van der Waals surface area contributed by atoms with Crippen molar-refractivity contribution in [1.82, 2.24) is 0 Å². The molecule has 1 aromatic rings. The van der Waals surface area contributed by atoms with Crippen LogP contribution in [-0.2, 0) is 14.3 Å². The Hall–Kier alpha value is -1.59. The first-order chi connectivity index (χ1) is 10.5. The molecule has 1 amide bonds. The van der Waals surface area contributed by atoms with Crippen molar-refractivity contribution < 1.29 is 19.0 Å². The molecule has 0 spiro atoms. The zero-order valence-corrected chi connectivity index (χ0v) is 13.8. The van der Waals surface area contributed by atoms with Gasteiger partial charge in [0.25, 0.3) is 5.91 Å². The molecule has 0 N–H and O–H groups in total. The maximum atomic E-state index is 12.9. The van der Waals surface area contributed by atoms with Crippen LogP contribution in [0.2, 0.25) is 0 Å². The fourth-order valence-corrected chi connectivity index (χ4v) is 2.71. The predicted molar refractivity (Wildman–Crippen MR) is 85.6 cm³/mol. The lowest BCUT2D eigenvalue weighted by Gasteiger charge is -2.40. The zero-order chi connectivity index (χ0) is 16.2. The maximum Gasteiger partial charge on any atom is 0.273 e. The lowest BCUT2D eigenvalue weighted by atomic mass is 10.0. The first-order valence-corrected chi connectivity index (χ1v) is 7.61. The zero-order valence-electron chi connectivity index (χ0n) is 13.8.